The quantitative estimate of drug-likeness (QED) is 0.919. The zero-order valence-corrected chi connectivity index (χ0v) is 13.8. The van der Waals surface area contributed by atoms with Crippen molar-refractivity contribution >= 4 is 16.7 Å². The number of nitrogens with zero attached hydrogens (tertiary/aromatic N) is 1. The lowest BCUT2D eigenvalue weighted by Crippen LogP contribution is -2.42. The van der Waals surface area contributed by atoms with Crippen molar-refractivity contribution in [3.05, 3.63) is 42.2 Å². The number of aromatic nitrogens is 1. The smallest absolute Gasteiger partial charge is 0.233 e. The molecular formula is C16H20N2O3S. The van der Waals surface area contributed by atoms with E-state index >= 15 is 0 Å². The Bertz CT molecular complexity index is 660. The van der Waals surface area contributed by atoms with Gasteiger partial charge < -0.3 is 9.84 Å². The molecule has 1 aromatic heterocycles. The van der Waals surface area contributed by atoms with Gasteiger partial charge in [-0.2, -0.15) is 0 Å². The molecule has 0 radical (unpaired) electrons. The minimum absolute atomic E-state index is 0.0430. The zero-order valence-electron chi connectivity index (χ0n) is 13.0. The summed E-state index contributed by atoms with van der Waals surface area (Å²) in [6.07, 6.45) is 0. The summed E-state index contributed by atoms with van der Waals surface area (Å²) >= 11 is 0. The third kappa shape index (κ3) is 5.11. The van der Waals surface area contributed by atoms with Gasteiger partial charge in [0.1, 0.15) is 17.2 Å². The molecule has 0 spiro atoms. The summed E-state index contributed by atoms with van der Waals surface area (Å²) in [7, 11) is -1.32. The molecule has 118 valence electrons. The van der Waals surface area contributed by atoms with Crippen molar-refractivity contribution in [1.29, 1.82) is 0 Å². The highest BCUT2D eigenvalue weighted by Gasteiger charge is 2.17. The lowest BCUT2D eigenvalue weighted by Gasteiger charge is -2.20. The molecule has 0 bridgehead atoms. The van der Waals surface area contributed by atoms with Crippen LogP contribution in [0.15, 0.2) is 40.9 Å². The molecule has 0 aliphatic heterocycles. The molecule has 2 aromatic rings. The highest BCUT2D eigenvalue weighted by molar-refractivity contribution is 7.84. The Kier molecular flexibility index (Phi) is 5.13. The molecule has 1 N–H and O–H groups in total. The molecule has 5 nitrogen and oxygen atoms in total. The molecule has 6 heteroatoms. The molecule has 1 atom stereocenters. The highest BCUT2D eigenvalue weighted by atomic mass is 32.2. The standard InChI is InChI=1S/C16H20N2O3S/c1-16(2,3)17-15(19)11-22(20)10-13-9-14(18-21-13)12-7-5-4-6-8-12/h4-9H,10-11H2,1-3H3,(H,17,19)/t22-/m1/s1. The second kappa shape index (κ2) is 6.87. The average Bonchev–Trinajstić information content (AvgIpc) is 2.85. The van der Waals surface area contributed by atoms with E-state index in [1.54, 1.807) is 6.07 Å². The van der Waals surface area contributed by atoms with Crippen LogP contribution in [0.3, 0.4) is 0 Å². The van der Waals surface area contributed by atoms with Crippen molar-refractivity contribution in [2.24, 2.45) is 0 Å². The largest absolute Gasteiger partial charge is 0.360 e. The van der Waals surface area contributed by atoms with Crippen LogP contribution in [0.25, 0.3) is 11.3 Å². The number of carbonyl (C=O) groups is 1. The average molecular weight is 320 g/mol. The number of amides is 1. The maximum atomic E-state index is 12.0. The van der Waals surface area contributed by atoms with Gasteiger partial charge in [0, 0.05) is 28.0 Å². The summed E-state index contributed by atoms with van der Waals surface area (Å²) in [5.74, 6) is 0.421. The predicted molar refractivity (Wildman–Crippen MR) is 86.5 cm³/mol. The van der Waals surface area contributed by atoms with E-state index in [9.17, 15) is 9.00 Å². The normalized spacial score (nSPS) is 12.9. The lowest BCUT2D eigenvalue weighted by atomic mass is 10.1. The van der Waals surface area contributed by atoms with Gasteiger partial charge in [0.15, 0.2) is 0 Å². The zero-order chi connectivity index (χ0) is 16.2. The summed E-state index contributed by atoms with van der Waals surface area (Å²) < 4.78 is 17.2. The van der Waals surface area contributed by atoms with E-state index in [4.69, 9.17) is 4.52 Å². The molecule has 0 fully saturated rings. The highest BCUT2D eigenvalue weighted by Crippen LogP contribution is 2.19. The first-order chi connectivity index (χ1) is 10.3. The van der Waals surface area contributed by atoms with Gasteiger partial charge in [-0.15, -0.1) is 0 Å². The lowest BCUT2D eigenvalue weighted by molar-refractivity contribution is -0.119. The molecular weight excluding hydrogens is 300 g/mol. The molecule has 0 saturated carbocycles. The Morgan fingerprint density at radius 2 is 1.95 bits per heavy atom. The minimum atomic E-state index is -1.32. The minimum Gasteiger partial charge on any atom is -0.360 e. The van der Waals surface area contributed by atoms with E-state index in [0.717, 1.165) is 5.56 Å². The van der Waals surface area contributed by atoms with E-state index in [0.29, 0.717) is 11.5 Å². The Morgan fingerprint density at radius 3 is 2.59 bits per heavy atom. The molecule has 0 saturated heterocycles. The van der Waals surface area contributed by atoms with Crippen LogP contribution < -0.4 is 5.32 Å². The second-order valence-corrected chi connectivity index (χ2v) is 7.53. The number of carbonyl (C=O) groups excluding carboxylic acids is 1. The first kappa shape index (κ1) is 16.4. The number of benzene rings is 1. The molecule has 1 amide bonds. The molecule has 0 aliphatic rings. The van der Waals surface area contributed by atoms with Crippen LogP contribution in [0.5, 0.6) is 0 Å². The molecule has 2 rings (SSSR count). The molecule has 0 aliphatic carbocycles. The molecule has 22 heavy (non-hydrogen) atoms. The van der Waals surface area contributed by atoms with Crippen molar-refractivity contribution in [3.63, 3.8) is 0 Å². The Hall–Kier alpha value is -1.95. The van der Waals surface area contributed by atoms with Crippen molar-refractivity contribution in [3.8, 4) is 11.3 Å². The fourth-order valence-electron chi connectivity index (χ4n) is 1.94. The molecule has 0 unspecified atom stereocenters. The van der Waals surface area contributed by atoms with E-state index in [1.807, 2.05) is 51.1 Å². The topological polar surface area (TPSA) is 72.2 Å². The fraction of sp³-hybridized carbons (Fsp3) is 0.375. The van der Waals surface area contributed by atoms with Crippen LogP contribution in [0.4, 0.5) is 0 Å². The number of rotatable bonds is 5. The van der Waals surface area contributed by atoms with Gasteiger partial charge in [-0.1, -0.05) is 35.5 Å². The second-order valence-electron chi connectivity index (χ2n) is 6.07. The van der Waals surface area contributed by atoms with E-state index in [2.05, 4.69) is 10.5 Å². The van der Waals surface area contributed by atoms with Gasteiger partial charge >= 0.3 is 0 Å². The first-order valence-corrected chi connectivity index (χ1v) is 8.49. The van der Waals surface area contributed by atoms with Gasteiger partial charge in [-0.25, -0.2) is 0 Å². The fourth-order valence-corrected chi connectivity index (χ4v) is 2.86. The van der Waals surface area contributed by atoms with Crippen molar-refractivity contribution < 1.29 is 13.5 Å². The van der Waals surface area contributed by atoms with Gasteiger partial charge in [0.05, 0.1) is 5.75 Å². The third-order valence-electron chi connectivity index (χ3n) is 2.74. The van der Waals surface area contributed by atoms with E-state index in [1.165, 1.54) is 0 Å². The first-order valence-electron chi connectivity index (χ1n) is 7.00. The third-order valence-corrected chi connectivity index (χ3v) is 3.93. The van der Waals surface area contributed by atoms with Crippen LogP contribution in [0.2, 0.25) is 0 Å². The summed E-state index contributed by atoms with van der Waals surface area (Å²) in [6, 6.07) is 11.4. The monoisotopic (exact) mass is 320 g/mol. The Balaban J connectivity index is 1.93. The number of hydrogen-bond acceptors (Lipinski definition) is 4. The summed E-state index contributed by atoms with van der Waals surface area (Å²) in [4.78, 5) is 11.7. The number of nitrogens with one attached hydrogen (secondary N) is 1. The predicted octanol–water partition coefficient (Wildman–Crippen LogP) is 2.51. The van der Waals surface area contributed by atoms with Gasteiger partial charge in [-0.3, -0.25) is 9.00 Å². The molecule has 1 aromatic carbocycles. The summed E-state index contributed by atoms with van der Waals surface area (Å²) in [6.45, 7) is 5.66. The summed E-state index contributed by atoms with van der Waals surface area (Å²) in [5.41, 5.74) is 1.31. The summed E-state index contributed by atoms with van der Waals surface area (Å²) in [5, 5.41) is 6.76. The van der Waals surface area contributed by atoms with Crippen LogP contribution >= 0.6 is 0 Å². The Morgan fingerprint density at radius 1 is 1.27 bits per heavy atom. The van der Waals surface area contributed by atoms with Crippen LogP contribution in [0.1, 0.15) is 26.5 Å². The SMILES string of the molecule is CC(C)(C)NC(=O)C[S@](=O)Cc1cc(-c2ccccc2)no1. The van der Waals surface area contributed by atoms with Crippen molar-refractivity contribution in [2.75, 3.05) is 5.75 Å². The van der Waals surface area contributed by atoms with E-state index < -0.39 is 10.8 Å². The van der Waals surface area contributed by atoms with Gasteiger partial charge in [0.2, 0.25) is 5.91 Å². The van der Waals surface area contributed by atoms with Crippen LogP contribution in [-0.2, 0) is 21.3 Å². The van der Waals surface area contributed by atoms with Gasteiger partial charge in [0.25, 0.3) is 0 Å². The maximum absolute atomic E-state index is 12.0. The van der Waals surface area contributed by atoms with E-state index in [-0.39, 0.29) is 23.0 Å². The van der Waals surface area contributed by atoms with Gasteiger partial charge in [-0.05, 0) is 20.8 Å². The van der Waals surface area contributed by atoms with Crippen molar-refractivity contribution in [2.45, 2.75) is 32.1 Å². The van der Waals surface area contributed by atoms with Crippen molar-refractivity contribution in [1.82, 2.24) is 10.5 Å². The molecule has 1 heterocycles. The van der Waals surface area contributed by atoms with Crippen LogP contribution in [0, 0.1) is 0 Å². The Labute approximate surface area is 132 Å². The number of hydrogen-bond donors (Lipinski definition) is 1. The maximum Gasteiger partial charge on any atom is 0.233 e. The van der Waals surface area contributed by atoms with Crippen LogP contribution in [-0.4, -0.2) is 26.6 Å².